The van der Waals surface area contributed by atoms with Gasteiger partial charge in [0.15, 0.2) is 0 Å². The monoisotopic (exact) mass is 184 g/mol. The van der Waals surface area contributed by atoms with Crippen LogP contribution in [0.3, 0.4) is 0 Å². The first-order valence-corrected chi connectivity index (χ1v) is 5.51. The molecule has 0 aromatic rings. The van der Waals surface area contributed by atoms with Crippen LogP contribution < -0.4 is 0 Å². The Balaban J connectivity index is 3.29. The van der Waals surface area contributed by atoms with Crippen LogP contribution in [-0.4, -0.2) is 11.2 Å². The molecule has 13 heavy (non-hydrogen) atoms. The normalized spacial score (nSPS) is 15.3. The quantitative estimate of drug-likeness (QED) is 0.452. The lowest BCUT2D eigenvalue weighted by Crippen LogP contribution is -2.10. The van der Waals surface area contributed by atoms with Gasteiger partial charge in [-0.2, -0.15) is 0 Å². The molecule has 1 N–H and O–H groups in total. The highest BCUT2D eigenvalue weighted by Crippen LogP contribution is 2.13. The van der Waals surface area contributed by atoms with Crippen molar-refractivity contribution in [2.45, 2.75) is 58.5 Å². The summed E-state index contributed by atoms with van der Waals surface area (Å²) in [5.41, 5.74) is 0. The lowest BCUT2D eigenvalue weighted by molar-refractivity contribution is 0.140. The summed E-state index contributed by atoms with van der Waals surface area (Å²) in [4.78, 5) is 0. The number of aliphatic hydroxyl groups excluding tert-OH is 1. The number of hydrogen-bond donors (Lipinski definition) is 1. The molecule has 1 nitrogen and oxygen atoms in total. The molecule has 0 rings (SSSR count). The van der Waals surface area contributed by atoms with Gasteiger partial charge in [-0.15, -0.1) is 6.58 Å². The van der Waals surface area contributed by atoms with Crippen LogP contribution in [0.25, 0.3) is 0 Å². The van der Waals surface area contributed by atoms with E-state index in [1.165, 1.54) is 25.7 Å². The molecule has 0 bridgehead atoms. The molecule has 0 saturated heterocycles. The smallest absolute Gasteiger partial charge is 0.0545 e. The maximum atomic E-state index is 9.60. The van der Waals surface area contributed by atoms with Crippen LogP contribution in [0.1, 0.15) is 52.4 Å². The van der Waals surface area contributed by atoms with Crippen molar-refractivity contribution >= 4 is 0 Å². The van der Waals surface area contributed by atoms with Gasteiger partial charge in [-0.05, 0) is 18.8 Å². The van der Waals surface area contributed by atoms with Crippen LogP contribution in [0.4, 0.5) is 0 Å². The van der Waals surface area contributed by atoms with Gasteiger partial charge in [0, 0.05) is 0 Å². The van der Waals surface area contributed by atoms with Gasteiger partial charge in [0.25, 0.3) is 0 Å². The molecule has 0 aliphatic carbocycles. The fourth-order valence-electron chi connectivity index (χ4n) is 1.45. The van der Waals surface area contributed by atoms with Crippen molar-refractivity contribution in [3.05, 3.63) is 12.7 Å². The average molecular weight is 184 g/mol. The second-order valence-corrected chi connectivity index (χ2v) is 3.95. The van der Waals surface area contributed by atoms with Gasteiger partial charge < -0.3 is 5.11 Å². The Hall–Kier alpha value is -0.300. The van der Waals surface area contributed by atoms with Crippen molar-refractivity contribution in [3.8, 4) is 0 Å². The van der Waals surface area contributed by atoms with Gasteiger partial charge in [0.05, 0.1) is 6.10 Å². The first-order valence-electron chi connectivity index (χ1n) is 5.51. The molecule has 1 heteroatoms. The van der Waals surface area contributed by atoms with Crippen molar-refractivity contribution in [3.63, 3.8) is 0 Å². The largest absolute Gasteiger partial charge is 0.393 e. The SMILES string of the molecule is C=CC(C)CC(O)CCCCCC. The summed E-state index contributed by atoms with van der Waals surface area (Å²) in [7, 11) is 0. The van der Waals surface area contributed by atoms with Crippen molar-refractivity contribution in [2.24, 2.45) is 5.92 Å². The standard InChI is InChI=1S/C12H24O/c1-4-6-7-8-9-12(13)10-11(3)5-2/h5,11-13H,2,4,6-10H2,1,3H3. The number of allylic oxidation sites excluding steroid dienone is 1. The average Bonchev–Trinajstić information content (AvgIpc) is 2.12. The maximum absolute atomic E-state index is 9.60. The predicted octanol–water partition coefficient (Wildman–Crippen LogP) is 3.53. The summed E-state index contributed by atoms with van der Waals surface area (Å²) in [6, 6.07) is 0. The molecule has 2 unspecified atom stereocenters. The fourth-order valence-corrected chi connectivity index (χ4v) is 1.45. The highest BCUT2D eigenvalue weighted by molar-refractivity contribution is 4.77. The second-order valence-electron chi connectivity index (χ2n) is 3.95. The lowest BCUT2D eigenvalue weighted by Gasteiger charge is -2.12. The Morgan fingerprint density at radius 1 is 1.31 bits per heavy atom. The van der Waals surface area contributed by atoms with E-state index in [0.29, 0.717) is 5.92 Å². The minimum atomic E-state index is -0.121. The van der Waals surface area contributed by atoms with Gasteiger partial charge in [-0.1, -0.05) is 45.6 Å². The van der Waals surface area contributed by atoms with Gasteiger partial charge in [-0.3, -0.25) is 0 Å². The highest BCUT2D eigenvalue weighted by Gasteiger charge is 2.06. The molecule has 0 aliphatic rings. The zero-order valence-electron chi connectivity index (χ0n) is 9.13. The Morgan fingerprint density at radius 2 is 2.00 bits per heavy atom. The molecule has 2 atom stereocenters. The Kier molecular flexibility index (Phi) is 8.11. The molecule has 0 saturated carbocycles. The van der Waals surface area contributed by atoms with E-state index in [2.05, 4.69) is 20.4 Å². The molecule has 0 aromatic heterocycles. The van der Waals surface area contributed by atoms with Gasteiger partial charge >= 0.3 is 0 Å². The van der Waals surface area contributed by atoms with Crippen LogP contribution in [0, 0.1) is 5.92 Å². The predicted molar refractivity (Wildman–Crippen MR) is 58.7 cm³/mol. The molecular weight excluding hydrogens is 160 g/mol. The number of rotatable bonds is 8. The zero-order chi connectivity index (χ0) is 10.1. The third kappa shape index (κ3) is 8.04. The second kappa shape index (κ2) is 8.31. The first-order chi connectivity index (χ1) is 6.20. The zero-order valence-corrected chi connectivity index (χ0v) is 9.13. The Labute approximate surface area is 82.9 Å². The summed E-state index contributed by atoms with van der Waals surface area (Å²) < 4.78 is 0. The van der Waals surface area contributed by atoms with Gasteiger partial charge in [-0.25, -0.2) is 0 Å². The maximum Gasteiger partial charge on any atom is 0.0545 e. The molecule has 0 heterocycles. The van der Waals surface area contributed by atoms with E-state index in [9.17, 15) is 5.11 Å². The molecule has 0 radical (unpaired) electrons. The van der Waals surface area contributed by atoms with E-state index >= 15 is 0 Å². The van der Waals surface area contributed by atoms with Crippen LogP contribution >= 0.6 is 0 Å². The number of hydrogen-bond acceptors (Lipinski definition) is 1. The first kappa shape index (κ1) is 12.7. The molecule has 0 spiro atoms. The van der Waals surface area contributed by atoms with Crippen LogP contribution in [-0.2, 0) is 0 Å². The lowest BCUT2D eigenvalue weighted by atomic mass is 9.99. The fraction of sp³-hybridized carbons (Fsp3) is 0.833. The Bertz CT molecular complexity index is 120. The molecule has 0 aromatic carbocycles. The van der Waals surface area contributed by atoms with E-state index in [1.807, 2.05) is 6.08 Å². The van der Waals surface area contributed by atoms with E-state index in [4.69, 9.17) is 0 Å². The minimum Gasteiger partial charge on any atom is -0.393 e. The van der Waals surface area contributed by atoms with Gasteiger partial charge in [0.1, 0.15) is 0 Å². The summed E-state index contributed by atoms with van der Waals surface area (Å²) >= 11 is 0. The Morgan fingerprint density at radius 3 is 2.54 bits per heavy atom. The summed E-state index contributed by atoms with van der Waals surface area (Å²) in [5, 5.41) is 9.60. The van der Waals surface area contributed by atoms with Crippen LogP contribution in [0.2, 0.25) is 0 Å². The van der Waals surface area contributed by atoms with Crippen LogP contribution in [0.15, 0.2) is 12.7 Å². The van der Waals surface area contributed by atoms with Gasteiger partial charge in [0.2, 0.25) is 0 Å². The van der Waals surface area contributed by atoms with Crippen molar-refractivity contribution in [1.29, 1.82) is 0 Å². The van der Waals surface area contributed by atoms with E-state index in [0.717, 1.165) is 12.8 Å². The van der Waals surface area contributed by atoms with Crippen molar-refractivity contribution in [1.82, 2.24) is 0 Å². The summed E-state index contributed by atoms with van der Waals surface area (Å²) in [6.07, 6.45) is 8.60. The molecule has 0 aliphatic heterocycles. The van der Waals surface area contributed by atoms with Crippen molar-refractivity contribution in [2.75, 3.05) is 0 Å². The highest BCUT2D eigenvalue weighted by atomic mass is 16.3. The minimum absolute atomic E-state index is 0.121. The van der Waals surface area contributed by atoms with Crippen molar-refractivity contribution < 1.29 is 5.11 Å². The summed E-state index contributed by atoms with van der Waals surface area (Å²) in [6.45, 7) is 8.02. The number of aliphatic hydroxyl groups is 1. The molecule has 0 amide bonds. The molecular formula is C12H24O. The topological polar surface area (TPSA) is 20.2 Å². The molecule has 0 fully saturated rings. The van der Waals surface area contributed by atoms with E-state index in [-0.39, 0.29) is 6.10 Å². The third-order valence-electron chi connectivity index (χ3n) is 2.44. The van der Waals surface area contributed by atoms with Crippen LogP contribution in [0.5, 0.6) is 0 Å². The summed E-state index contributed by atoms with van der Waals surface area (Å²) in [5.74, 6) is 0.446. The number of unbranched alkanes of at least 4 members (excludes halogenated alkanes) is 3. The molecule has 78 valence electrons. The van der Waals surface area contributed by atoms with E-state index in [1.54, 1.807) is 0 Å². The van der Waals surface area contributed by atoms with E-state index < -0.39 is 0 Å². The third-order valence-corrected chi connectivity index (χ3v) is 2.44.